The number of alkyl halides is 3. The number of carbonyl (C=O) groups is 1. The molecule has 3 rings (SSSR count). The fourth-order valence-electron chi connectivity index (χ4n) is 2.35. The van der Waals surface area contributed by atoms with Gasteiger partial charge >= 0.3 is 5.57 Å². The number of nitrogens with one attached hydrogen (secondary N) is 1. The Morgan fingerprint density at radius 2 is 2.00 bits per heavy atom. The number of ether oxygens (including phenoxy) is 1. The standard InChI is InChI=1S/C17H12BrClF2N4O2/c1-25-14(18)13(10-4-6-12(7-5-10)27-17(19,20)21)15(24-25)23-16(26)11-3-2-8-22-9-11/h2-9H,1H3,(H,23,24,26). The maximum atomic E-state index is 12.7. The molecular weight excluding hydrogens is 446 g/mol. The molecule has 27 heavy (non-hydrogen) atoms. The fourth-order valence-corrected chi connectivity index (χ4v) is 2.93. The number of anilines is 1. The van der Waals surface area contributed by atoms with Crippen LogP contribution in [0.25, 0.3) is 11.1 Å². The Morgan fingerprint density at radius 1 is 1.30 bits per heavy atom. The molecule has 0 aliphatic heterocycles. The van der Waals surface area contributed by atoms with E-state index in [0.29, 0.717) is 27.1 Å². The van der Waals surface area contributed by atoms with Gasteiger partial charge in [-0.1, -0.05) is 12.1 Å². The Bertz CT molecular complexity index is 960. The van der Waals surface area contributed by atoms with Crippen LogP contribution in [0.1, 0.15) is 10.4 Å². The zero-order chi connectivity index (χ0) is 19.6. The first-order valence-corrected chi connectivity index (χ1v) is 8.72. The summed E-state index contributed by atoms with van der Waals surface area (Å²) in [5.74, 6) is -0.175. The van der Waals surface area contributed by atoms with Crippen molar-refractivity contribution in [1.29, 1.82) is 0 Å². The second kappa shape index (κ2) is 7.61. The molecule has 1 N–H and O–H groups in total. The molecule has 10 heteroatoms. The highest BCUT2D eigenvalue weighted by atomic mass is 79.9. The summed E-state index contributed by atoms with van der Waals surface area (Å²) in [6.07, 6.45) is 3.00. The van der Waals surface area contributed by atoms with Gasteiger partial charge in [0.15, 0.2) is 5.82 Å². The number of halogens is 4. The highest BCUT2D eigenvalue weighted by Crippen LogP contribution is 2.36. The van der Waals surface area contributed by atoms with Crippen LogP contribution < -0.4 is 10.1 Å². The minimum atomic E-state index is -3.79. The number of hydrogen-bond donors (Lipinski definition) is 1. The average molecular weight is 458 g/mol. The van der Waals surface area contributed by atoms with Gasteiger partial charge in [0.2, 0.25) is 0 Å². The largest absolute Gasteiger partial charge is 0.487 e. The Balaban J connectivity index is 1.91. The number of rotatable bonds is 5. The summed E-state index contributed by atoms with van der Waals surface area (Å²) >= 11 is 8.18. The molecule has 0 radical (unpaired) electrons. The van der Waals surface area contributed by atoms with Crippen molar-refractivity contribution in [2.45, 2.75) is 5.57 Å². The minimum absolute atomic E-state index is 0.0975. The van der Waals surface area contributed by atoms with Crippen molar-refractivity contribution in [3.05, 3.63) is 59.0 Å². The molecule has 0 bridgehead atoms. The molecule has 0 aliphatic rings. The van der Waals surface area contributed by atoms with Crippen LogP contribution in [0, 0.1) is 0 Å². The molecule has 0 fully saturated rings. The van der Waals surface area contributed by atoms with Crippen molar-refractivity contribution in [3.63, 3.8) is 0 Å². The summed E-state index contributed by atoms with van der Waals surface area (Å²) in [6, 6.07) is 9.07. The highest BCUT2D eigenvalue weighted by molar-refractivity contribution is 9.10. The van der Waals surface area contributed by atoms with E-state index in [2.05, 4.69) is 36.1 Å². The van der Waals surface area contributed by atoms with Crippen LogP contribution in [0.15, 0.2) is 53.4 Å². The van der Waals surface area contributed by atoms with Crippen molar-refractivity contribution >= 4 is 39.3 Å². The van der Waals surface area contributed by atoms with E-state index in [1.807, 2.05) is 0 Å². The minimum Gasteiger partial charge on any atom is -0.420 e. The first-order chi connectivity index (χ1) is 12.7. The van der Waals surface area contributed by atoms with E-state index >= 15 is 0 Å². The predicted molar refractivity (Wildman–Crippen MR) is 100.0 cm³/mol. The molecule has 0 saturated heterocycles. The van der Waals surface area contributed by atoms with E-state index in [0.717, 1.165) is 0 Å². The molecule has 2 aromatic heterocycles. The number of amides is 1. The lowest BCUT2D eigenvalue weighted by atomic mass is 10.1. The SMILES string of the molecule is Cn1nc(NC(=O)c2cccnc2)c(-c2ccc(OC(F)(F)Cl)cc2)c1Br. The van der Waals surface area contributed by atoms with Crippen LogP contribution in [-0.2, 0) is 7.05 Å². The van der Waals surface area contributed by atoms with Gasteiger partial charge < -0.3 is 10.1 Å². The van der Waals surface area contributed by atoms with E-state index in [1.54, 1.807) is 37.5 Å². The van der Waals surface area contributed by atoms with Gasteiger partial charge in [-0.2, -0.15) is 5.10 Å². The topological polar surface area (TPSA) is 69.0 Å². The summed E-state index contributed by atoms with van der Waals surface area (Å²) in [4.78, 5) is 16.3. The second-order valence-electron chi connectivity index (χ2n) is 5.41. The Kier molecular flexibility index (Phi) is 5.43. The third kappa shape index (κ3) is 4.61. The average Bonchev–Trinajstić information content (AvgIpc) is 2.89. The van der Waals surface area contributed by atoms with Crippen LogP contribution in [0.2, 0.25) is 0 Å². The summed E-state index contributed by atoms with van der Waals surface area (Å²) < 4.78 is 31.9. The lowest BCUT2D eigenvalue weighted by Gasteiger charge is -2.11. The van der Waals surface area contributed by atoms with Gasteiger partial charge in [-0.3, -0.25) is 14.5 Å². The van der Waals surface area contributed by atoms with Crippen LogP contribution >= 0.6 is 27.5 Å². The molecule has 0 unspecified atom stereocenters. The molecule has 0 spiro atoms. The van der Waals surface area contributed by atoms with E-state index in [1.165, 1.54) is 23.0 Å². The smallest absolute Gasteiger partial charge is 0.420 e. The van der Waals surface area contributed by atoms with Crippen molar-refractivity contribution in [3.8, 4) is 16.9 Å². The van der Waals surface area contributed by atoms with Crippen LogP contribution in [0.3, 0.4) is 0 Å². The number of hydrogen-bond acceptors (Lipinski definition) is 4. The first-order valence-electron chi connectivity index (χ1n) is 7.54. The molecule has 1 aromatic carbocycles. The van der Waals surface area contributed by atoms with E-state index in [4.69, 9.17) is 11.6 Å². The molecule has 6 nitrogen and oxygen atoms in total. The molecule has 1 amide bonds. The number of aryl methyl sites for hydroxylation is 1. The third-order valence-electron chi connectivity index (χ3n) is 3.51. The van der Waals surface area contributed by atoms with Gasteiger partial charge in [0.05, 0.1) is 11.1 Å². The molecule has 3 aromatic rings. The highest BCUT2D eigenvalue weighted by Gasteiger charge is 2.27. The van der Waals surface area contributed by atoms with Gasteiger partial charge in [-0.15, -0.1) is 8.78 Å². The van der Waals surface area contributed by atoms with Crippen LogP contribution in [0.4, 0.5) is 14.6 Å². The summed E-state index contributed by atoms with van der Waals surface area (Å²) in [5, 5.41) is 7.01. The molecule has 2 heterocycles. The lowest BCUT2D eigenvalue weighted by molar-refractivity contribution is -0.0964. The molecular formula is C17H12BrClF2N4O2. The summed E-state index contributed by atoms with van der Waals surface area (Å²) in [5.41, 5.74) is -2.21. The molecule has 0 saturated carbocycles. The second-order valence-corrected chi connectivity index (χ2v) is 6.60. The maximum absolute atomic E-state index is 12.7. The Hall–Kier alpha value is -2.52. The van der Waals surface area contributed by atoms with E-state index in [-0.39, 0.29) is 11.7 Å². The van der Waals surface area contributed by atoms with Gasteiger partial charge in [0.25, 0.3) is 5.91 Å². The van der Waals surface area contributed by atoms with Gasteiger partial charge in [-0.25, -0.2) is 0 Å². The monoisotopic (exact) mass is 456 g/mol. The number of pyridine rings is 1. The van der Waals surface area contributed by atoms with Crippen molar-refractivity contribution in [1.82, 2.24) is 14.8 Å². The Morgan fingerprint density at radius 3 is 2.59 bits per heavy atom. The zero-order valence-electron chi connectivity index (χ0n) is 13.8. The third-order valence-corrected chi connectivity index (χ3v) is 4.50. The molecule has 140 valence electrons. The Labute approximate surface area is 166 Å². The van der Waals surface area contributed by atoms with Gasteiger partial charge in [0.1, 0.15) is 10.4 Å². The van der Waals surface area contributed by atoms with Crippen molar-refractivity contribution in [2.75, 3.05) is 5.32 Å². The first kappa shape index (κ1) is 19.2. The maximum Gasteiger partial charge on any atom is 0.487 e. The van der Waals surface area contributed by atoms with E-state index in [9.17, 15) is 13.6 Å². The van der Waals surface area contributed by atoms with Crippen LogP contribution in [-0.4, -0.2) is 26.2 Å². The molecule has 0 aliphatic carbocycles. The van der Waals surface area contributed by atoms with E-state index < -0.39 is 5.57 Å². The molecule has 0 atom stereocenters. The van der Waals surface area contributed by atoms with Gasteiger partial charge in [-0.05, 0) is 45.8 Å². The number of benzene rings is 1. The number of nitrogens with zero attached hydrogens (tertiary/aromatic N) is 3. The quantitative estimate of drug-likeness (QED) is 0.566. The number of aromatic nitrogens is 3. The van der Waals surface area contributed by atoms with Crippen LogP contribution in [0.5, 0.6) is 5.75 Å². The van der Waals surface area contributed by atoms with Crippen molar-refractivity contribution in [2.24, 2.45) is 7.05 Å². The van der Waals surface area contributed by atoms with Crippen molar-refractivity contribution < 1.29 is 18.3 Å². The lowest BCUT2D eigenvalue weighted by Crippen LogP contribution is -2.15. The van der Waals surface area contributed by atoms with Gasteiger partial charge in [0, 0.05) is 31.0 Å². The number of carbonyl (C=O) groups excluding carboxylic acids is 1. The summed E-state index contributed by atoms with van der Waals surface area (Å²) in [7, 11) is 1.69. The zero-order valence-corrected chi connectivity index (χ0v) is 16.1. The predicted octanol–water partition coefficient (Wildman–Crippen LogP) is 4.66. The fraction of sp³-hybridized carbons (Fsp3) is 0.118. The summed E-state index contributed by atoms with van der Waals surface area (Å²) in [6.45, 7) is 0. The normalized spacial score (nSPS) is 11.3.